The Morgan fingerprint density at radius 3 is 2.52 bits per heavy atom. The van der Waals surface area contributed by atoms with Crippen LogP contribution < -0.4 is 16.0 Å². The van der Waals surface area contributed by atoms with Crippen molar-refractivity contribution in [2.45, 2.75) is 25.8 Å². The van der Waals surface area contributed by atoms with Gasteiger partial charge in [0.25, 0.3) is 0 Å². The average molecular weight is 496 g/mol. The van der Waals surface area contributed by atoms with Crippen LogP contribution in [0.1, 0.15) is 30.9 Å². The van der Waals surface area contributed by atoms with E-state index in [1.165, 1.54) is 19.7 Å². The first-order valence-electron chi connectivity index (χ1n) is 10.6. The van der Waals surface area contributed by atoms with E-state index >= 15 is 0 Å². The minimum absolute atomic E-state index is 0. The zero-order valence-electron chi connectivity index (χ0n) is 19.1. The molecule has 1 aromatic heterocycles. The topological polar surface area (TPSA) is 109 Å². The maximum atomic E-state index is 13.5. The molecule has 0 bridgehead atoms. The predicted molar refractivity (Wildman–Crippen MR) is 134 cm³/mol. The Bertz CT molecular complexity index is 933. The molecule has 0 radical (unpaired) electrons. The van der Waals surface area contributed by atoms with Gasteiger partial charge in [-0.1, -0.05) is 42.7 Å². The first kappa shape index (κ1) is 26.6. The summed E-state index contributed by atoms with van der Waals surface area (Å²) in [6.07, 6.45) is 2.94. The molecule has 0 saturated carbocycles. The molecule has 1 aliphatic rings. The van der Waals surface area contributed by atoms with Crippen molar-refractivity contribution in [3.05, 3.63) is 46.7 Å². The van der Waals surface area contributed by atoms with Gasteiger partial charge in [0.15, 0.2) is 0 Å². The van der Waals surface area contributed by atoms with Crippen molar-refractivity contribution in [2.75, 3.05) is 50.5 Å². The number of anilines is 2. The standard InChI is InChI=1S/C22H30ClN7O2.ClH/c1-15(2)25-12-18(16-4-6-17(23)7-5-16)22(31)30-10-8-29(9-11-30)21-19(13-28-32-3)20(24)26-14-27-21;/h4-7,13-15,18,25H,8-12H2,1-3H3,(H2,24,26,27);1H. The first-order valence-corrected chi connectivity index (χ1v) is 11.0. The fourth-order valence-electron chi connectivity index (χ4n) is 3.64. The van der Waals surface area contributed by atoms with E-state index < -0.39 is 0 Å². The van der Waals surface area contributed by atoms with Crippen molar-refractivity contribution >= 4 is 47.8 Å². The van der Waals surface area contributed by atoms with Gasteiger partial charge in [-0.25, -0.2) is 9.97 Å². The Morgan fingerprint density at radius 2 is 1.91 bits per heavy atom. The van der Waals surface area contributed by atoms with E-state index in [1.807, 2.05) is 29.2 Å². The first-order chi connectivity index (χ1) is 15.4. The third-order valence-corrected chi connectivity index (χ3v) is 5.62. The van der Waals surface area contributed by atoms with E-state index in [4.69, 9.17) is 22.2 Å². The van der Waals surface area contributed by atoms with Gasteiger partial charge in [-0.3, -0.25) is 4.79 Å². The van der Waals surface area contributed by atoms with Crippen LogP contribution in [0, 0.1) is 0 Å². The monoisotopic (exact) mass is 495 g/mol. The number of nitrogen functional groups attached to an aromatic ring is 1. The second-order valence-electron chi connectivity index (χ2n) is 7.89. The van der Waals surface area contributed by atoms with E-state index in [0.717, 1.165) is 5.56 Å². The molecule has 2 heterocycles. The van der Waals surface area contributed by atoms with Crippen LogP contribution in [0.5, 0.6) is 0 Å². The Hall–Kier alpha value is -2.62. The molecule has 1 aliphatic heterocycles. The summed E-state index contributed by atoms with van der Waals surface area (Å²) in [4.78, 5) is 30.7. The molecule has 0 spiro atoms. The van der Waals surface area contributed by atoms with Crippen LogP contribution in [0.2, 0.25) is 5.02 Å². The largest absolute Gasteiger partial charge is 0.399 e. The molecule has 1 aromatic carbocycles. The molecule has 3 N–H and O–H groups in total. The van der Waals surface area contributed by atoms with Crippen LogP contribution in [0.4, 0.5) is 11.6 Å². The minimum atomic E-state index is -0.277. The molecule has 9 nitrogen and oxygen atoms in total. The number of nitrogens with one attached hydrogen (secondary N) is 1. The van der Waals surface area contributed by atoms with Gasteiger partial charge in [0.1, 0.15) is 25.1 Å². The number of hydrogen-bond acceptors (Lipinski definition) is 8. The lowest BCUT2D eigenvalue weighted by molar-refractivity contribution is -0.133. The van der Waals surface area contributed by atoms with Crippen LogP contribution in [-0.4, -0.2) is 72.9 Å². The summed E-state index contributed by atoms with van der Waals surface area (Å²) in [5.74, 6) is 0.835. The quantitative estimate of drug-likeness (QED) is 0.427. The summed E-state index contributed by atoms with van der Waals surface area (Å²) < 4.78 is 0. The lowest BCUT2D eigenvalue weighted by atomic mass is 9.96. The van der Waals surface area contributed by atoms with Gasteiger partial charge in [-0.15, -0.1) is 12.4 Å². The third-order valence-electron chi connectivity index (χ3n) is 5.37. The van der Waals surface area contributed by atoms with E-state index in [2.05, 4.69) is 39.2 Å². The summed E-state index contributed by atoms with van der Waals surface area (Å²) in [5, 5.41) is 7.86. The highest BCUT2D eigenvalue weighted by molar-refractivity contribution is 6.30. The van der Waals surface area contributed by atoms with Crippen molar-refractivity contribution in [2.24, 2.45) is 5.16 Å². The summed E-state index contributed by atoms with van der Waals surface area (Å²) in [6, 6.07) is 7.78. The fourth-order valence-corrected chi connectivity index (χ4v) is 3.76. The Balaban J connectivity index is 0.00000385. The molecular formula is C22H31Cl2N7O2. The van der Waals surface area contributed by atoms with Gasteiger partial charge in [0.05, 0.1) is 17.7 Å². The van der Waals surface area contributed by atoms with Crippen molar-refractivity contribution in [1.29, 1.82) is 0 Å². The molecule has 2 aromatic rings. The number of rotatable bonds is 8. The zero-order chi connectivity index (χ0) is 23.1. The summed E-state index contributed by atoms with van der Waals surface area (Å²) >= 11 is 6.05. The van der Waals surface area contributed by atoms with E-state index in [9.17, 15) is 4.79 Å². The summed E-state index contributed by atoms with van der Waals surface area (Å²) in [6.45, 7) is 7.12. The molecule has 33 heavy (non-hydrogen) atoms. The number of carbonyl (C=O) groups is 1. The summed E-state index contributed by atoms with van der Waals surface area (Å²) in [7, 11) is 1.46. The van der Waals surface area contributed by atoms with Crippen molar-refractivity contribution in [1.82, 2.24) is 20.2 Å². The Morgan fingerprint density at radius 1 is 1.24 bits per heavy atom. The van der Waals surface area contributed by atoms with Gasteiger partial charge < -0.3 is 25.7 Å². The number of nitrogens with two attached hydrogens (primary N) is 1. The number of halogens is 2. The number of piperazine rings is 1. The van der Waals surface area contributed by atoms with Crippen LogP contribution in [0.3, 0.4) is 0 Å². The normalized spacial score (nSPS) is 14.9. The second-order valence-corrected chi connectivity index (χ2v) is 8.33. The lowest BCUT2D eigenvalue weighted by Crippen LogP contribution is -2.51. The molecule has 11 heteroatoms. The molecule has 1 saturated heterocycles. The number of benzene rings is 1. The highest BCUT2D eigenvalue weighted by atomic mass is 35.5. The van der Waals surface area contributed by atoms with Crippen LogP contribution >= 0.6 is 24.0 Å². The molecular weight excluding hydrogens is 465 g/mol. The molecule has 1 unspecified atom stereocenters. The van der Waals surface area contributed by atoms with Gasteiger partial charge in [-0.05, 0) is 17.7 Å². The third kappa shape index (κ3) is 6.93. The number of carbonyl (C=O) groups excluding carboxylic acids is 1. The van der Waals surface area contributed by atoms with Crippen molar-refractivity contribution in [3.63, 3.8) is 0 Å². The maximum Gasteiger partial charge on any atom is 0.231 e. The van der Waals surface area contributed by atoms with E-state index in [0.29, 0.717) is 54.9 Å². The maximum absolute atomic E-state index is 13.5. The van der Waals surface area contributed by atoms with Crippen molar-refractivity contribution < 1.29 is 9.63 Å². The number of amides is 1. The number of aromatic nitrogens is 2. The molecule has 0 aliphatic carbocycles. The average Bonchev–Trinajstić information content (AvgIpc) is 2.79. The van der Waals surface area contributed by atoms with E-state index in [-0.39, 0.29) is 30.3 Å². The highest BCUT2D eigenvalue weighted by Gasteiger charge is 2.30. The van der Waals surface area contributed by atoms with Gasteiger partial charge in [0.2, 0.25) is 5.91 Å². The van der Waals surface area contributed by atoms with Gasteiger partial charge in [0, 0.05) is 43.8 Å². The lowest BCUT2D eigenvalue weighted by Gasteiger charge is -2.37. The van der Waals surface area contributed by atoms with E-state index in [1.54, 1.807) is 0 Å². The summed E-state index contributed by atoms with van der Waals surface area (Å²) in [5.41, 5.74) is 7.57. The fraction of sp³-hybridized carbons (Fsp3) is 0.455. The van der Waals surface area contributed by atoms with Crippen molar-refractivity contribution in [3.8, 4) is 0 Å². The van der Waals surface area contributed by atoms with Crippen LogP contribution in [0.15, 0.2) is 35.7 Å². The highest BCUT2D eigenvalue weighted by Crippen LogP contribution is 2.24. The molecule has 180 valence electrons. The molecule has 1 atom stereocenters. The van der Waals surface area contributed by atoms with Crippen LogP contribution in [0.25, 0.3) is 0 Å². The Kier molecular flexibility index (Phi) is 10.1. The molecule has 1 amide bonds. The zero-order valence-corrected chi connectivity index (χ0v) is 20.6. The van der Waals surface area contributed by atoms with Crippen LogP contribution in [-0.2, 0) is 9.63 Å². The number of hydrogen-bond donors (Lipinski definition) is 2. The molecule has 3 rings (SSSR count). The SMILES string of the molecule is CON=Cc1c(N)ncnc1N1CCN(C(=O)C(CNC(C)C)c2ccc(Cl)cc2)CC1.Cl. The minimum Gasteiger partial charge on any atom is -0.399 e. The van der Waals surface area contributed by atoms with Gasteiger partial charge in [-0.2, -0.15) is 0 Å². The second kappa shape index (κ2) is 12.6. The van der Waals surface area contributed by atoms with Gasteiger partial charge >= 0.3 is 0 Å². The Labute approximate surface area is 205 Å². The number of oxime groups is 1. The molecule has 1 fully saturated rings. The number of nitrogens with zero attached hydrogens (tertiary/aromatic N) is 5. The predicted octanol–water partition coefficient (Wildman–Crippen LogP) is 2.54. The smallest absolute Gasteiger partial charge is 0.231 e.